The number of hydrogen-bond acceptors (Lipinski definition) is 2. The molecule has 0 saturated carbocycles. The van der Waals surface area contributed by atoms with E-state index >= 15 is 0 Å². The van der Waals surface area contributed by atoms with E-state index in [9.17, 15) is 9.18 Å². The molecule has 3 nitrogen and oxygen atoms in total. The van der Waals surface area contributed by atoms with Crippen molar-refractivity contribution in [3.63, 3.8) is 0 Å². The molecule has 2 N–H and O–H groups in total. The molecular formula is C15H21FN2O. The van der Waals surface area contributed by atoms with E-state index in [0.29, 0.717) is 29.5 Å². The van der Waals surface area contributed by atoms with Gasteiger partial charge in [0.1, 0.15) is 5.82 Å². The van der Waals surface area contributed by atoms with Crippen molar-refractivity contribution >= 4 is 5.91 Å². The summed E-state index contributed by atoms with van der Waals surface area (Å²) in [5.41, 5.74) is 1.02. The summed E-state index contributed by atoms with van der Waals surface area (Å²) in [7, 11) is 0. The minimum Gasteiger partial charge on any atom is -0.352 e. The van der Waals surface area contributed by atoms with Gasteiger partial charge in [-0.25, -0.2) is 4.39 Å². The lowest BCUT2D eigenvalue weighted by Gasteiger charge is -2.29. The highest BCUT2D eigenvalue weighted by molar-refractivity contribution is 5.94. The van der Waals surface area contributed by atoms with Crippen LogP contribution < -0.4 is 10.6 Å². The Morgan fingerprint density at radius 1 is 1.53 bits per heavy atom. The van der Waals surface area contributed by atoms with Crippen LogP contribution in [-0.4, -0.2) is 25.5 Å². The summed E-state index contributed by atoms with van der Waals surface area (Å²) >= 11 is 0. The maximum atomic E-state index is 13.2. The predicted molar refractivity (Wildman–Crippen MR) is 73.6 cm³/mol. The Hall–Kier alpha value is -1.42. The van der Waals surface area contributed by atoms with Gasteiger partial charge in [0.25, 0.3) is 5.91 Å². The molecule has 0 aliphatic carbocycles. The Morgan fingerprint density at radius 3 is 3.00 bits per heavy atom. The fourth-order valence-corrected chi connectivity index (χ4v) is 2.44. The van der Waals surface area contributed by atoms with Crippen molar-refractivity contribution < 1.29 is 9.18 Å². The van der Waals surface area contributed by atoms with Crippen molar-refractivity contribution in [3.05, 3.63) is 35.1 Å². The average Bonchev–Trinajstić information content (AvgIpc) is 2.40. The molecule has 1 aliphatic heterocycles. The Labute approximate surface area is 113 Å². The van der Waals surface area contributed by atoms with E-state index in [1.54, 1.807) is 13.0 Å². The van der Waals surface area contributed by atoms with Gasteiger partial charge in [0.2, 0.25) is 0 Å². The number of nitrogens with one attached hydrogen (secondary N) is 2. The minimum absolute atomic E-state index is 0.124. The second-order valence-corrected chi connectivity index (χ2v) is 5.40. The SMILES string of the molecule is Cc1cc(C(=O)NCC2CNCCC2C)ccc1F. The van der Waals surface area contributed by atoms with Crippen LogP contribution in [0.1, 0.15) is 29.3 Å². The van der Waals surface area contributed by atoms with Crippen LogP contribution in [0.5, 0.6) is 0 Å². The summed E-state index contributed by atoms with van der Waals surface area (Å²) in [6.07, 6.45) is 1.15. The van der Waals surface area contributed by atoms with Crippen LogP contribution in [0.25, 0.3) is 0 Å². The molecule has 0 aromatic heterocycles. The highest BCUT2D eigenvalue weighted by Crippen LogP contribution is 2.17. The third-order valence-corrected chi connectivity index (χ3v) is 3.93. The zero-order valence-electron chi connectivity index (χ0n) is 11.5. The van der Waals surface area contributed by atoms with Gasteiger partial charge in [-0.2, -0.15) is 0 Å². The Morgan fingerprint density at radius 2 is 2.32 bits per heavy atom. The van der Waals surface area contributed by atoms with E-state index in [-0.39, 0.29) is 11.7 Å². The zero-order chi connectivity index (χ0) is 13.8. The molecule has 1 fully saturated rings. The molecule has 1 aromatic carbocycles. The van der Waals surface area contributed by atoms with Crippen LogP contribution in [0.4, 0.5) is 4.39 Å². The molecular weight excluding hydrogens is 243 g/mol. The van der Waals surface area contributed by atoms with Gasteiger partial charge >= 0.3 is 0 Å². The van der Waals surface area contributed by atoms with Crippen LogP contribution in [0.2, 0.25) is 0 Å². The Bertz CT molecular complexity index is 461. The van der Waals surface area contributed by atoms with Gasteiger partial charge in [-0.05, 0) is 62.0 Å². The van der Waals surface area contributed by atoms with Gasteiger partial charge in [-0.15, -0.1) is 0 Å². The molecule has 0 spiro atoms. The van der Waals surface area contributed by atoms with Crippen LogP contribution in [0.15, 0.2) is 18.2 Å². The second-order valence-electron chi connectivity index (χ2n) is 5.40. The molecule has 1 heterocycles. The van der Waals surface area contributed by atoms with Crippen molar-refractivity contribution in [2.75, 3.05) is 19.6 Å². The summed E-state index contributed by atoms with van der Waals surface area (Å²) in [6.45, 7) is 6.56. The standard InChI is InChI=1S/C15H21FN2O/c1-10-5-6-17-8-13(10)9-18-15(19)12-3-4-14(16)11(2)7-12/h3-4,7,10,13,17H,5-6,8-9H2,1-2H3,(H,18,19). The van der Waals surface area contributed by atoms with Gasteiger partial charge in [-0.1, -0.05) is 6.92 Å². The Kier molecular flexibility index (Phi) is 4.53. The second kappa shape index (κ2) is 6.15. The number of aryl methyl sites for hydroxylation is 1. The molecule has 1 saturated heterocycles. The first-order valence-corrected chi connectivity index (χ1v) is 6.83. The van der Waals surface area contributed by atoms with E-state index in [2.05, 4.69) is 17.6 Å². The molecule has 0 bridgehead atoms. The van der Waals surface area contributed by atoms with Gasteiger partial charge < -0.3 is 10.6 Å². The smallest absolute Gasteiger partial charge is 0.251 e. The van der Waals surface area contributed by atoms with Crippen LogP contribution in [-0.2, 0) is 0 Å². The van der Waals surface area contributed by atoms with E-state index in [1.807, 2.05) is 0 Å². The van der Waals surface area contributed by atoms with Crippen LogP contribution in [0, 0.1) is 24.6 Å². The van der Waals surface area contributed by atoms with Crippen molar-refractivity contribution in [1.82, 2.24) is 10.6 Å². The van der Waals surface area contributed by atoms with E-state index in [4.69, 9.17) is 0 Å². The van der Waals surface area contributed by atoms with Gasteiger partial charge in [0.15, 0.2) is 0 Å². The number of carbonyl (C=O) groups excluding carboxylic acids is 1. The summed E-state index contributed by atoms with van der Waals surface area (Å²) in [5.74, 6) is 0.693. The number of rotatable bonds is 3. The monoisotopic (exact) mass is 264 g/mol. The molecule has 1 aromatic rings. The lowest BCUT2D eigenvalue weighted by molar-refractivity contribution is 0.0938. The first-order chi connectivity index (χ1) is 9.08. The number of amides is 1. The predicted octanol–water partition coefficient (Wildman–Crippen LogP) is 2.11. The molecule has 4 heteroatoms. The molecule has 19 heavy (non-hydrogen) atoms. The number of benzene rings is 1. The summed E-state index contributed by atoms with van der Waals surface area (Å²) in [4.78, 5) is 12.0. The minimum atomic E-state index is -0.276. The summed E-state index contributed by atoms with van der Waals surface area (Å²) in [5, 5.41) is 6.29. The third kappa shape index (κ3) is 3.53. The first kappa shape index (κ1) is 14.0. The molecule has 2 unspecified atom stereocenters. The highest BCUT2D eigenvalue weighted by Gasteiger charge is 2.21. The van der Waals surface area contributed by atoms with Crippen molar-refractivity contribution in [2.45, 2.75) is 20.3 Å². The number of carbonyl (C=O) groups is 1. The Balaban J connectivity index is 1.91. The largest absolute Gasteiger partial charge is 0.352 e. The number of halogens is 1. The fraction of sp³-hybridized carbons (Fsp3) is 0.533. The number of hydrogen-bond donors (Lipinski definition) is 2. The van der Waals surface area contributed by atoms with E-state index in [0.717, 1.165) is 19.5 Å². The van der Waals surface area contributed by atoms with Crippen LogP contribution >= 0.6 is 0 Å². The quantitative estimate of drug-likeness (QED) is 0.878. The zero-order valence-corrected chi connectivity index (χ0v) is 11.5. The maximum Gasteiger partial charge on any atom is 0.251 e. The molecule has 1 amide bonds. The van der Waals surface area contributed by atoms with Crippen LogP contribution in [0.3, 0.4) is 0 Å². The first-order valence-electron chi connectivity index (χ1n) is 6.83. The summed E-state index contributed by atoms with van der Waals surface area (Å²) in [6, 6.07) is 4.46. The molecule has 104 valence electrons. The third-order valence-electron chi connectivity index (χ3n) is 3.93. The molecule has 1 aliphatic rings. The lowest BCUT2D eigenvalue weighted by Crippen LogP contribution is -2.42. The molecule has 2 atom stereocenters. The van der Waals surface area contributed by atoms with Crippen molar-refractivity contribution in [1.29, 1.82) is 0 Å². The van der Waals surface area contributed by atoms with E-state index in [1.165, 1.54) is 12.1 Å². The maximum absolute atomic E-state index is 13.2. The van der Waals surface area contributed by atoms with E-state index < -0.39 is 0 Å². The van der Waals surface area contributed by atoms with Crippen molar-refractivity contribution in [2.24, 2.45) is 11.8 Å². The fourth-order valence-electron chi connectivity index (χ4n) is 2.44. The van der Waals surface area contributed by atoms with Gasteiger partial charge in [0.05, 0.1) is 0 Å². The normalized spacial score (nSPS) is 23.1. The highest BCUT2D eigenvalue weighted by atomic mass is 19.1. The van der Waals surface area contributed by atoms with Crippen molar-refractivity contribution in [3.8, 4) is 0 Å². The topological polar surface area (TPSA) is 41.1 Å². The molecule has 0 radical (unpaired) electrons. The average molecular weight is 264 g/mol. The van der Waals surface area contributed by atoms with Gasteiger partial charge in [0, 0.05) is 12.1 Å². The summed E-state index contributed by atoms with van der Waals surface area (Å²) < 4.78 is 13.2. The molecule has 2 rings (SSSR count). The lowest BCUT2D eigenvalue weighted by atomic mass is 9.88. The number of piperidine rings is 1. The van der Waals surface area contributed by atoms with Gasteiger partial charge in [-0.3, -0.25) is 4.79 Å².